The molecule has 3 aromatic heterocycles. The van der Waals surface area contributed by atoms with Crippen LogP contribution in [0.15, 0.2) is 128 Å². The summed E-state index contributed by atoms with van der Waals surface area (Å²) in [5.41, 5.74) is 21.0. The Morgan fingerprint density at radius 2 is 0.966 bits per heavy atom. The zero-order valence-corrected chi connectivity index (χ0v) is 62.3. The molecular formula is C84H122BNO2S. The van der Waals surface area contributed by atoms with Gasteiger partial charge in [-0.3, -0.25) is 0 Å². The highest BCUT2D eigenvalue weighted by Gasteiger charge is 2.45. The van der Waals surface area contributed by atoms with Crippen LogP contribution in [0, 0.1) is 32.6 Å². The van der Waals surface area contributed by atoms with Crippen LogP contribution in [0.2, 0.25) is 5.82 Å². The second kappa shape index (κ2) is 32.4. The minimum absolute atomic E-state index is 0.0803. The number of fused-ring (bicyclic) bond motifs is 4. The van der Waals surface area contributed by atoms with Crippen molar-refractivity contribution in [2.75, 3.05) is 0 Å². The number of hydrogen-bond acceptors (Lipinski definition) is 3. The Bertz CT molecular complexity index is 3400. The fraction of sp³-hybridized carbons (Fsp3) is 0.524. The number of rotatable bonds is 12. The second-order valence-corrected chi connectivity index (χ2v) is 31.3. The number of benzene rings is 5. The highest BCUT2D eigenvalue weighted by atomic mass is 32.1. The van der Waals surface area contributed by atoms with E-state index in [2.05, 4.69) is 333 Å². The second-order valence-electron chi connectivity index (χ2n) is 30.2. The molecule has 0 amide bonds. The van der Waals surface area contributed by atoms with Crippen LogP contribution in [-0.2, 0) is 27.2 Å². The first kappa shape index (κ1) is 74.5. The van der Waals surface area contributed by atoms with E-state index in [0.29, 0.717) is 70.9 Å². The molecule has 5 aromatic carbocycles. The summed E-state index contributed by atoms with van der Waals surface area (Å²) < 4.78 is 14.7. The van der Waals surface area contributed by atoms with Gasteiger partial charge < -0.3 is 13.8 Å². The molecule has 0 fully saturated rings. The van der Waals surface area contributed by atoms with E-state index in [1.165, 1.54) is 99.1 Å². The number of hydrogen-bond donors (Lipinski definition) is 0. The van der Waals surface area contributed by atoms with Gasteiger partial charge in [0.25, 0.3) is 0 Å². The lowest BCUT2D eigenvalue weighted by Crippen LogP contribution is -2.37. The van der Waals surface area contributed by atoms with Gasteiger partial charge in [-0.25, -0.2) is 0 Å². The topological polar surface area (TPSA) is 22.9 Å². The zero-order valence-electron chi connectivity index (χ0n) is 61.5. The number of ether oxygens (including phenoxy) is 1. The van der Waals surface area contributed by atoms with Gasteiger partial charge >= 0.3 is 6.92 Å². The van der Waals surface area contributed by atoms with Crippen LogP contribution in [0.1, 0.15) is 315 Å². The molecule has 0 saturated carbocycles. The Morgan fingerprint density at radius 1 is 0.449 bits per heavy atom. The maximum Gasteiger partial charge on any atom is 0.330 e. The first-order chi connectivity index (χ1) is 41.6. The fourth-order valence-electron chi connectivity index (χ4n) is 13.3. The van der Waals surface area contributed by atoms with E-state index in [-0.39, 0.29) is 18.1 Å². The third-order valence-corrected chi connectivity index (χ3v) is 20.3. The van der Waals surface area contributed by atoms with Crippen molar-refractivity contribution in [2.45, 2.75) is 278 Å². The van der Waals surface area contributed by atoms with E-state index in [1.807, 2.05) is 11.3 Å². The van der Waals surface area contributed by atoms with E-state index in [4.69, 9.17) is 9.39 Å². The van der Waals surface area contributed by atoms with Gasteiger partial charge in [0.05, 0.1) is 17.8 Å². The third-order valence-electron chi connectivity index (χ3n) is 18.4. The van der Waals surface area contributed by atoms with Crippen molar-refractivity contribution in [3.05, 3.63) is 210 Å². The van der Waals surface area contributed by atoms with E-state index >= 15 is 0 Å². The van der Waals surface area contributed by atoms with Crippen LogP contribution in [0.4, 0.5) is 0 Å². The monoisotopic (exact) mass is 1220 g/mol. The van der Waals surface area contributed by atoms with Gasteiger partial charge in [-0.15, -0.1) is 11.3 Å². The third kappa shape index (κ3) is 18.3. The number of thiophene rings is 1. The fourth-order valence-corrected chi connectivity index (χ4v) is 14.5. The molecule has 0 atom stereocenters. The summed E-state index contributed by atoms with van der Waals surface area (Å²) in [7, 11) is 0. The molecule has 0 N–H and O–H groups in total. The Kier molecular flexibility index (Phi) is 27.1. The van der Waals surface area contributed by atoms with Crippen molar-refractivity contribution in [1.82, 2.24) is 4.40 Å². The summed E-state index contributed by atoms with van der Waals surface area (Å²) >= 11 is 1.98. The van der Waals surface area contributed by atoms with Crippen molar-refractivity contribution in [3.8, 4) is 0 Å². The SMILES string of the molecule is CC(C)B1OC(C)(C)c2cc(C(C)C)ccc21.CC(C)c1ccc(C(C)C)c2ccccc12.CC(C)c1ccc(C(C)C)n2cccc12.Cc1cc(C(C)C)ccc1C(C)C.Cc1cc(C(C)C)sc1C(C)C.Cc1ccc2c(c1)COC2(C(C)C)C(C)C. The molecule has 3 nitrogen and oxygen atoms in total. The molecule has 2 aliphatic heterocycles. The molecule has 0 saturated heterocycles. The molecular weight excluding hydrogens is 1100 g/mol. The molecule has 5 heteroatoms. The van der Waals surface area contributed by atoms with Gasteiger partial charge in [0.2, 0.25) is 0 Å². The predicted molar refractivity (Wildman–Crippen MR) is 397 cm³/mol. The van der Waals surface area contributed by atoms with Gasteiger partial charge in [-0.05, 0) is 207 Å². The van der Waals surface area contributed by atoms with Crippen LogP contribution in [-0.4, -0.2) is 11.3 Å². The molecule has 89 heavy (non-hydrogen) atoms. The molecule has 5 heterocycles. The van der Waals surface area contributed by atoms with Crippen LogP contribution in [0.5, 0.6) is 0 Å². The molecule has 0 radical (unpaired) electrons. The number of aryl methyl sites for hydroxylation is 3. The zero-order chi connectivity index (χ0) is 66.7. The Morgan fingerprint density at radius 3 is 1.42 bits per heavy atom. The van der Waals surface area contributed by atoms with E-state index in [1.54, 1.807) is 4.88 Å². The average molecular weight is 1220 g/mol. The lowest BCUT2D eigenvalue weighted by Gasteiger charge is -2.37. The van der Waals surface area contributed by atoms with Crippen LogP contribution in [0.25, 0.3) is 16.3 Å². The maximum atomic E-state index is 6.22. The number of pyridine rings is 1. The van der Waals surface area contributed by atoms with Crippen molar-refractivity contribution >= 4 is 40.0 Å². The van der Waals surface area contributed by atoms with E-state index in [0.717, 1.165) is 6.61 Å². The van der Waals surface area contributed by atoms with E-state index in [9.17, 15) is 0 Å². The quantitative estimate of drug-likeness (QED) is 0.114. The first-order valence-corrected chi connectivity index (χ1v) is 35.3. The van der Waals surface area contributed by atoms with Crippen LogP contribution >= 0.6 is 11.3 Å². The number of aromatic nitrogens is 1. The number of nitrogens with zero attached hydrogens (tertiary/aromatic N) is 1. The minimum atomic E-state index is -0.144. The largest absolute Gasteiger partial charge is 0.422 e. The summed E-state index contributed by atoms with van der Waals surface area (Å²) in [4.78, 5) is 3.08. The highest BCUT2D eigenvalue weighted by Crippen LogP contribution is 2.47. The highest BCUT2D eigenvalue weighted by molar-refractivity contribution is 7.12. The summed E-state index contributed by atoms with van der Waals surface area (Å²) in [6.07, 6.45) is 2.16. The Labute approximate surface area is 549 Å². The Balaban J connectivity index is 0.000000195. The normalized spacial score (nSPS) is 14.0. The molecule has 8 aromatic rings. The smallest absolute Gasteiger partial charge is 0.330 e. The molecule has 0 spiro atoms. The molecule has 10 rings (SSSR count). The molecule has 0 aliphatic carbocycles. The summed E-state index contributed by atoms with van der Waals surface area (Å²) in [5.74, 6) is 7.11. The van der Waals surface area contributed by atoms with Gasteiger partial charge in [0, 0.05) is 27.2 Å². The van der Waals surface area contributed by atoms with E-state index < -0.39 is 0 Å². The van der Waals surface area contributed by atoms with Gasteiger partial charge in [-0.2, -0.15) is 0 Å². The van der Waals surface area contributed by atoms with Crippen molar-refractivity contribution in [2.24, 2.45) is 11.8 Å². The summed E-state index contributed by atoms with van der Waals surface area (Å²) in [6.45, 7) is 66.0. The molecule has 2 aliphatic rings. The summed E-state index contributed by atoms with van der Waals surface area (Å²) in [6, 6.07) is 45.0. The molecule has 0 unspecified atom stereocenters. The lowest BCUT2D eigenvalue weighted by atomic mass is 9.52. The Hall–Kier alpha value is -5.20. The average Bonchev–Trinajstić information content (AvgIpc) is 1.76. The molecule has 484 valence electrons. The van der Waals surface area contributed by atoms with Gasteiger partial charge in [-0.1, -0.05) is 269 Å². The first-order valence-electron chi connectivity index (χ1n) is 34.4. The van der Waals surface area contributed by atoms with Gasteiger partial charge in [0.15, 0.2) is 0 Å². The predicted octanol–water partition coefficient (Wildman–Crippen LogP) is 25.5. The van der Waals surface area contributed by atoms with Crippen molar-refractivity contribution in [3.63, 3.8) is 0 Å². The minimum Gasteiger partial charge on any atom is -0.422 e. The van der Waals surface area contributed by atoms with Crippen molar-refractivity contribution < 1.29 is 9.39 Å². The van der Waals surface area contributed by atoms with Crippen molar-refractivity contribution in [1.29, 1.82) is 0 Å². The van der Waals surface area contributed by atoms with Crippen LogP contribution < -0.4 is 5.46 Å². The molecule has 0 bridgehead atoms. The standard InChI is InChI=1S/C16H20.C15H23BO.C15H22O.C14H19N.C13H20.C11H18S/c1-11(2)13-9-10-14(12(3)4)16-8-6-5-7-15(13)16;1-10(2)12-7-8-14-13(9-12)15(5,6)17-16(14)11(3)4;1-10(2)15(11(3)4)14-7-6-12(5)8-13(14)9-16-15;1-10(2)12-7-8-13(11(3)4)15-9-5-6-14(12)15;1-9(2)12-6-7-13(10(3)4)11(5)8-12;1-7(2)10-6-9(5)11(12-10)8(3)4/h5-12H,1-4H3;7-11H,1-6H3;6-8,10-11H,9H2,1-5H3;5-11H,1-4H3;6-10H,1-5H3;6-8H,1-5H3. The summed E-state index contributed by atoms with van der Waals surface area (Å²) in [5, 5.41) is 2.84. The van der Waals surface area contributed by atoms with Crippen LogP contribution in [0.3, 0.4) is 0 Å². The maximum absolute atomic E-state index is 6.22. The lowest BCUT2D eigenvalue weighted by molar-refractivity contribution is -0.106. The van der Waals surface area contributed by atoms with Gasteiger partial charge in [0.1, 0.15) is 0 Å².